The summed E-state index contributed by atoms with van der Waals surface area (Å²) < 4.78 is 0. The van der Waals surface area contributed by atoms with Crippen molar-refractivity contribution in [1.82, 2.24) is 15.5 Å². The number of amidine groups is 1. The van der Waals surface area contributed by atoms with Crippen molar-refractivity contribution < 1.29 is 0 Å². The molecule has 1 aromatic carbocycles. The summed E-state index contributed by atoms with van der Waals surface area (Å²) in [6.07, 6.45) is 3.72. The SMILES string of the molecule is c1ccc(-c2cn[nH]c2)c(NCC2=NCCN2)c1. The van der Waals surface area contributed by atoms with Gasteiger partial charge >= 0.3 is 0 Å². The van der Waals surface area contributed by atoms with Crippen molar-refractivity contribution in [3.05, 3.63) is 36.7 Å². The van der Waals surface area contributed by atoms with Crippen LogP contribution in [0, 0.1) is 0 Å². The van der Waals surface area contributed by atoms with Gasteiger partial charge in [0.1, 0.15) is 5.84 Å². The highest BCUT2D eigenvalue weighted by Gasteiger charge is 2.08. The number of H-pyrrole nitrogens is 1. The molecule has 0 atom stereocenters. The van der Waals surface area contributed by atoms with Gasteiger partial charge in [0.15, 0.2) is 0 Å². The molecule has 18 heavy (non-hydrogen) atoms. The topological polar surface area (TPSA) is 65.1 Å². The maximum atomic E-state index is 4.37. The molecule has 0 fully saturated rings. The smallest absolute Gasteiger partial charge is 0.116 e. The third-order valence-corrected chi connectivity index (χ3v) is 2.93. The fourth-order valence-corrected chi connectivity index (χ4v) is 2.03. The van der Waals surface area contributed by atoms with Crippen LogP contribution in [0.15, 0.2) is 41.7 Å². The van der Waals surface area contributed by atoms with Crippen LogP contribution in [0.1, 0.15) is 0 Å². The highest BCUT2D eigenvalue weighted by molar-refractivity contribution is 5.89. The number of aromatic amines is 1. The summed E-state index contributed by atoms with van der Waals surface area (Å²) in [6, 6.07) is 8.20. The summed E-state index contributed by atoms with van der Waals surface area (Å²) in [6.45, 7) is 2.55. The molecule has 2 heterocycles. The lowest BCUT2D eigenvalue weighted by molar-refractivity contribution is 0.956. The molecule has 0 saturated carbocycles. The second-order valence-corrected chi connectivity index (χ2v) is 4.14. The Hall–Kier alpha value is -2.30. The number of nitrogens with one attached hydrogen (secondary N) is 3. The molecule has 92 valence electrons. The second kappa shape index (κ2) is 4.91. The Balaban J connectivity index is 1.79. The lowest BCUT2D eigenvalue weighted by Crippen LogP contribution is -2.26. The van der Waals surface area contributed by atoms with Crippen molar-refractivity contribution in [2.75, 3.05) is 25.0 Å². The molecule has 5 nitrogen and oxygen atoms in total. The van der Waals surface area contributed by atoms with Gasteiger partial charge in [-0.3, -0.25) is 10.1 Å². The summed E-state index contributed by atoms with van der Waals surface area (Å²) in [5.41, 5.74) is 3.32. The molecule has 1 aliphatic heterocycles. The number of aliphatic imine (C=N–C) groups is 1. The standard InChI is InChI=1S/C13H15N5/c1-2-4-12(16-9-13-14-5-6-15-13)11(3-1)10-7-17-18-8-10/h1-4,7-8,16H,5-6,9H2,(H,14,15)(H,17,18). The first kappa shape index (κ1) is 10.8. The maximum Gasteiger partial charge on any atom is 0.116 e. The van der Waals surface area contributed by atoms with E-state index in [-0.39, 0.29) is 0 Å². The van der Waals surface area contributed by atoms with Gasteiger partial charge in [0.2, 0.25) is 0 Å². The number of rotatable bonds is 4. The molecule has 0 aliphatic carbocycles. The molecule has 2 aromatic rings. The molecule has 0 radical (unpaired) electrons. The van der Waals surface area contributed by atoms with Crippen molar-refractivity contribution in [2.45, 2.75) is 0 Å². The number of nitrogens with zero attached hydrogens (tertiary/aromatic N) is 2. The number of hydrogen-bond acceptors (Lipinski definition) is 4. The van der Waals surface area contributed by atoms with Crippen LogP contribution in [-0.4, -0.2) is 35.7 Å². The Morgan fingerprint density at radius 1 is 1.28 bits per heavy atom. The van der Waals surface area contributed by atoms with E-state index in [9.17, 15) is 0 Å². The van der Waals surface area contributed by atoms with Crippen molar-refractivity contribution >= 4 is 11.5 Å². The van der Waals surface area contributed by atoms with Crippen molar-refractivity contribution in [3.8, 4) is 11.1 Å². The largest absolute Gasteiger partial charge is 0.377 e. The molecule has 3 rings (SSSR count). The Kier molecular flexibility index (Phi) is 2.96. The van der Waals surface area contributed by atoms with Gasteiger partial charge < -0.3 is 10.6 Å². The molecule has 1 aliphatic rings. The summed E-state index contributed by atoms with van der Waals surface area (Å²) in [5.74, 6) is 1.02. The van der Waals surface area contributed by atoms with Gasteiger partial charge in [0, 0.05) is 29.6 Å². The highest BCUT2D eigenvalue weighted by atomic mass is 15.1. The zero-order valence-electron chi connectivity index (χ0n) is 9.98. The predicted octanol–water partition coefficient (Wildman–Crippen LogP) is 1.49. The van der Waals surface area contributed by atoms with E-state index in [1.165, 1.54) is 0 Å². The van der Waals surface area contributed by atoms with Crippen LogP contribution >= 0.6 is 0 Å². The molecule has 5 heteroatoms. The van der Waals surface area contributed by atoms with Gasteiger partial charge in [-0.05, 0) is 6.07 Å². The maximum absolute atomic E-state index is 4.37. The Labute approximate surface area is 105 Å². The highest BCUT2D eigenvalue weighted by Crippen LogP contribution is 2.26. The van der Waals surface area contributed by atoms with Gasteiger partial charge in [-0.15, -0.1) is 0 Å². The summed E-state index contributed by atoms with van der Waals surface area (Å²) >= 11 is 0. The minimum absolute atomic E-state index is 0.731. The van der Waals surface area contributed by atoms with Gasteiger partial charge in [-0.25, -0.2) is 0 Å². The number of hydrogen-bond donors (Lipinski definition) is 3. The molecule has 0 unspecified atom stereocenters. The van der Waals surface area contributed by atoms with E-state index in [1.54, 1.807) is 0 Å². The third-order valence-electron chi connectivity index (χ3n) is 2.93. The fraction of sp³-hybridized carbons (Fsp3) is 0.231. The van der Waals surface area contributed by atoms with Gasteiger partial charge in [-0.1, -0.05) is 18.2 Å². The minimum Gasteiger partial charge on any atom is -0.377 e. The van der Waals surface area contributed by atoms with Crippen LogP contribution in [0.5, 0.6) is 0 Å². The van der Waals surface area contributed by atoms with E-state index in [0.717, 1.165) is 42.3 Å². The zero-order valence-corrected chi connectivity index (χ0v) is 9.98. The number of benzene rings is 1. The van der Waals surface area contributed by atoms with E-state index in [0.29, 0.717) is 0 Å². The first-order valence-corrected chi connectivity index (χ1v) is 6.03. The summed E-state index contributed by atoms with van der Waals surface area (Å²) in [4.78, 5) is 4.37. The summed E-state index contributed by atoms with van der Waals surface area (Å²) in [7, 11) is 0. The van der Waals surface area contributed by atoms with E-state index >= 15 is 0 Å². The van der Waals surface area contributed by atoms with E-state index in [2.05, 4.69) is 38.0 Å². The quantitative estimate of drug-likeness (QED) is 0.760. The fourth-order valence-electron chi connectivity index (χ4n) is 2.03. The van der Waals surface area contributed by atoms with Crippen LogP contribution < -0.4 is 10.6 Å². The van der Waals surface area contributed by atoms with Gasteiger partial charge in [0.05, 0.1) is 19.3 Å². The van der Waals surface area contributed by atoms with Crippen LogP contribution in [-0.2, 0) is 0 Å². The molecule has 3 N–H and O–H groups in total. The summed E-state index contributed by atoms with van der Waals surface area (Å²) in [5, 5.41) is 13.5. The molecule has 1 aromatic heterocycles. The van der Waals surface area contributed by atoms with E-state index in [1.807, 2.05) is 24.5 Å². The number of para-hydroxylation sites is 1. The molecular formula is C13H15N5. The van der Waals surface area contributed by atoms with Crippen LogP contribution in [0.3, 0.4) is 0 Å². The molecule has 0 saturated heterocycles. The third kappa shape index (κ3) is 2.20. The Bertz CT molecular complexity index is 544. The Morgan fingerprint density at radius 2 is 2.22 bits per heavy atom. The first-order chi connectivity index (χ1) is 8.93. The van der Waals surface area contributed by atoms with Crippen molar-refractivity contribution in [3.63, 3.8) is 0 Å². The average Bonchev–Trinajstić information content (AvgIpc) is 3.10. The van der Waals surface area contributed by atoms with Gasteiger partial charge in [-0.2, -0.15) is 5.10 Å². The van der Waals surface area contributed by atoms with Crippen LogP contribution in [0.2, 0.25) is 0 Å². The molecule has 0 bridgehead atoms. The second-order valence-electron chi connectivity index (χ2n) is 4.14. The van der Waals surface area contributed by atoms with Crippen molar-refractivity contribution in [2.24, 2.45) is 4.99 Å². The van der Waals surface area contributed by atoms with Gasteiger partial charge in [0.25, 0.3) is 0 Å². The minimum atomic E-state index is 0.731. The normalized spacial score (nSPS) is 14.1. The van der Waals surface area contributed by atoms with Crippen LogP contribution in [0.4, 0.5) is 5.69 Å². The molecule has 0 amide bonds. The Morgan fingerprint density at radius 3 is 3.00 bits per heavy atom. The molecule has 0 spiro atoms. The number of anilines is 1. The lowest BCUT2D eigenvalue weighted by Gasteiger charge is -2.11. The van der Waals surface area contributed by atoms with E-state index in [4.69, 9.17) is 0 Å². The molecular weight excluding hydrogens is 226 g/mol. The monoisotopic (exact) mass is 241 g/mol. The first-order valence-electron chi connectivity index (χ1n) is 6.03. The van der Waals surface area contributed by atoms with Crippen molar-refractivity contribution in [1.29, 1.82) is 0 Å². The lowest BCUT2D eigenvalue weighted by atomic mass is 10.1. The number of aromatic nitrogens is 2. The van der Waals surface area contributed by atoms with E-state index < -0.39 is 0 Å². The predicted molar refractivity (Wildman–Crippen MR) is 72.8 cm³/mol. The van der Waals surface area contributed by atoms with Crippen LogP contribution in [0.25, 0.3) is 11.1 Å². The average molecular weight is 241 g/mol. The zero-order chi connectivity index (χ0) is 12.2.